The molecule has 7 aromatic rings. The summed E-state index contributed by atoms with van der Waals surface area (Å²) in [4.78, 5) is 23.7. The van der Waals surface area contributed by atoms with Gasteiger partial charge in [-0.1, -0.05) is 43.3 Å². The van der Waals surface area contributed by atoms with Crippen molar-refractivity contribution in [3.8, 4) is 17.4 Å². The minimum absolute atomic E-state index is 0. The summed E-state index contributed by atoms with van der Waals surface area (Å²) in [5.74, 6) is 5.11. The number of halogens is 3. The molecule has 1 amide bonds. The van der Waals surface area contributed by atoms with Gasteiger partial charge in [0.05, 0.1) is 72.5 Å². The normalized spacial score (nSPS) is 13.0. The largest absolute Gasteiger partial charge is 1.00 e. The molecule has 5 aromatic heterocycles. The number of anilines is 3. The summed E-state index contributed by atoms with van der Waals surface area (Å²) in [6.45, 7) is 4.06. The topological polar surface area (TPSA) is 255 Å². The molecule has 68 heavy (non-hydrogen) atoms. The maximum atomic E-state index is 14.0. The van der Waals surface area contributed by atoms with Crippen molar-refractivity contribution in [3.05, 3.63) is 145 Å². The fraction of sp³-hybridized carbons (Fsp3) is 0.289. The van der Waals surface area contributed by atoms with E-state index in [1.54, 1.807) is 122 Å². The number of nitrogens with two attached hydrogens (primary N) is 2. The van der Waals surface area contributed by atoms with Crippen LogP contribution in [0.4, 0.5) is 26.1 Å². The van der Waals surface area contributed by atoms with Crippen LogP contribution >= 0.6 is 11.6 Å². The number of nitriles is 1. The summed E-state index contributed by atoms with van der Waals surface area (Å²) in [5.41, 5.74) is 9.87. The van der Waals surface area contributed by atoms with Crippen LogP contribution < -0.4 is 57.0 Å². The molecule has 9 rings (SSSR count). The number of nitrogens with one attached hydrogen (secondary N) is 2. The predicted octanol–water partition coefficient (Wildman–Crippen LogP) is 2.36. The van der Waals surface area contributed by atoms with Gasteiger partial charge in [-0.3, -0.25) is 29.5 Å². The molecule has 2 saturated carbocycles. The minimum atomic E-state index is -0.774. The van der Waals surface area contributed by atoms with Gasteiger partial charge in [-0.25, -0.2) is 18.1 Å². The first-order valence-electron chi connectivity index (χ1n) is 20.7. The van der Waals surface area contributed by atoms with E-state index in [0.717, 1.165) is 17.1 Å². The number of aromatic nitrogens is 10. The summed E-state index contributed by atoms with van der Waals surface area (Å²) in [6.07, 6.45) is 19.4. The Bertz CT molecular complexity index is 2680. The molecule has 0 bridgehead atoms. The van der Waals surface area contributed by atoms with E-state index in [0.29, 0.717) is 55.1 Å². The van der Waals surface area contributed by atoms with Gasteiger partial charge in [-0.05, 0) is 56.3 Å². The third-order valence-electron chi connectivity index (χ3n) is 9.72. The molecule has 5 heterocycles. The fourth-order valence-electron chi connectivity index (χ4n) is 6.12. The number of hydrogen-bond acceptors (Lipinski definition) is 13. The number of hydrazine groups is 1. The number of nitrogens with zero attached hydrogens (tertiary/aromatic N) is 11. The van der Waals surface area contributed by atoms with E-state index >= 15 is 0 Å². The monoisotopic (exact) mass is 963 g/mol. The van der Waals surface area contributed by atoms with Crippen LogP contribution in [0.25, 0.3) is 11.4 Å². The summed E-state index contributed by atoms with van der Waals surface area (Å²) in [7, 11) is 5.51. The first kappa shape index (κ1) is 55.7. The van der Waals surface area contributed by atoms with Crippen molar-refractivity contribution in [2.24, 2.45) is 27.0 Å². The molecule has 0 atom stereocenters. The van der Waals surface area contributed by atoms with Crippen molar-refractivity contribution >= 4 is 40.1 Å². The van der Waals surface area contributed by atoms with Gasteiger partial charge in [-0.15, -0.1) is 11.7 Å². The molecule has 6 N–H and O–H groups in total. The SMILES string of the molecule is CCOC=CC#N.CC[O-].Cn1cc(-n2ccc(N)n2)cn1.Cn1cc(-n2ccc(NC(=O)C3(c4ccccc4F)CC3)n2)cn1.Cn1cc(NN)cn1.O=C(Cl)C1(c2ccccc2F)CC1.[Na+]. The van der Waals surface area contributed by atoms with Crippen molar-refractivity contribution in [1.82, 2.24) is 48.9 Å². The Morgan fingerprint density at radius 2 is 1.31 bits per heavy atom. The molecule has 0 spiro atoms. The average Bonchev–Trinajstić information content (AvgIpc) is 3.85. The number of amides is 1. The molecule has 2 aromatic carbocycles. The van der Waals surface area contributed by atoms with E-state index < -0.39 is 16.1 Å². The van der Waals surface area contributed by atoms with Gasteiger partial charge in [-0.2, -0.15) is 25.7 Å². The molecule has 2 aliphatic carbocycles. The van der Waals surface area contributed by atoms with Crippen molar-refractivity contribution in [1.29, 1.82) is 5.26 Å². The Balaban J connectivity index is 0.000000238. The Morgan fingerprint density at radius 1 is 0.824 bits per heavy atom. The Labute approximate surface area is 419 Å². The number of allylic oxidation sites excluding steroid dienone is 1. The smallest absolute Gasteiger partial charge is 0.855 e. The van der Waals surface area contributed by atoms with Crippen LogP contribution in [0.5, 0.6) is 0 Å². The van der Waals surface area contributed by atoms with E-state index in [1.807, 2.05) is 40.5 Å². The van der Waals surface area contributed by atoms with Crippen molar-refractivity contribution in [2.75, 3.05) is 29.7 Å². The van der Waals surface area contributed by atoms with Gasteiger partial charge in [0, 0.05) is 63.0 Å². The number of rotatable bonds is 10. The molecule has 2 aliphatic rings. The van der Waals surface area contributed by atoms with E-state index in [9.17, 15) is 18.4 Å². The van der Waals surface area contributed by atoms with Crippen LogP contribution in [0.2, 0.25) is 0 Å². The minimum Gasteiger partial charge on any atom is -0.855 e. The molecule has 19 nitrogen and oxygen atoms in total. The maximum absolute atomic E-state index is 14.0. The van der Waals surface area contributed by atoms with Crippen LogP contribution in [-0.2, 0) is 46.3 Å². The third kappa shape index (κ3) is 16.0. The number of carbonyl (C=O) groups is 2. The van der Waals surface area contributed by atoms with Crippen LogP contribution in [0.1, 0.15) is 50.7 Å². The van der Waals surface area contributed by atoms with Crippen LogP contribution in [0, 0.1) is 23.0 Å². The number of aryl methyl sites for hydroxylation is 3. The average molecular weight is 964 g/mol. The summed E-state index contributed by atoms with van der Waals surface area (Å²) in [5, 5.41) is 39.5. The summed E-state index contributed by atoms with van der Waals surface area (Å²) < 4.78 is 40.4. The van der Waals surface area contributed by atoms with Crippen LogP contribution in [0.15, 0.2) is 123 Å². The molecule has 0 unspecified atom stereocenters. The van der Waals surface area contributed by atoms with Crippen LogP contribution in [-0.4, -0.2) is 73.3 Å². The fourth-order valence-corrected chi connectivity index (χ4v) is 6.41. The second kappa shape index (κ2) is 27.2. The first-order valence-corrected chi connectivity index (χ1v) is 21.1. The van der Waals surface area contributed by atoms with Gasteiger partial charge in [0.25, 0.3) is 0 Å². The third-order valence-corrected chi connectivity index (χ3v) is 10.1. The Morgan fingerprint density at radius 3 is 1.69 bits per heavy atom. The zero-order valence-corrected chi connectivity index (χ0v) is 41.4. The Hall–Kier alpha value is -6.67. The van der Waals surface area contributed by atoms with Gasteiger partial charge in [0.15, 0.2) is 5.82 Å². The van der Waals surface area contributed by atoms with E-state index in [1.165, 1.54) is 24.5 Å². The summed E-state index contributed by atoms with van der Waals surface area (Å²) in [6, 6.07) is 18.0. The second-order valence-corrected chi connectivity index (χ2v) is 15.0. The van der Waals surface area contributed by atoms with Crippen molar-refractivity contribution in [2.45, 2.75) is 50.4 Å². The molecule has 23 heteroatoms. The van der Waals surface area contributed by atoms with E-state index in [4.69, 9.17) is 33.5 Å². The predicted molar refractivity (Wildman–Crippen MR) is 247 cm³/mol. The number of ether oxygens (including phenoxy) is 1. The van der Waals surface area contributed by atoms with Crippen molar-refractivity contribution < 1.29 is 57.8 Å². The summed E-state index contributed by atoms with van der Waals surface area (Å²) >= 11 is 5.43. The van der Waals surface area contributed by atoms with Gasteiger partial charge in [0.2, 0.25) is 11.1 Å². The Kier molecular flexibility index (Phi) is 22.3. The van der Waals surface area contributed by atoms with Gasteiger partial charge >= 0.3 is 29.6 Å². The van der Waals surface area contributed by atoms with E-state index in [-0.39, 0.29) is 53.7 Å². The molecule has 354 valence electrons. The molecule has 2 fully saturated rings. The maximum Gasteiger partial charge on any atom is 1.00 e. The molecule has 0 radical (unpaired) electrons. The zero-order chi connectivity index (χ0) is 49.0. The molecular weight excluding hydrogens is 911 g/mol. The van der Waals surface area contributed by atoms with E-state index in [2.05, 4.69) is 41.0 Å². The van der Waals surface area contributed by atoms with Gasteiger partial charge in [0.1, 0.15) is 28.8 Å². The molecule has 0 aliphatic heterocycles. The number of nitrogen functional groups attached to an aromatic ring is 2. The van der Waals surface area contributed by atoms with Crippen LogP contribution in [0.3, 0.4) is 0 Å². The zero-order valence-electron chi connectivity index (χ0n) is 38.6. The standard InChI is InChI=1S/C17H16FN5O.C10H8ClFO.C7H9N5.C5H7NO.C4H8N4.C2H5O.Na/c1-22-11-12(10-19-22)23-9-6-15(21-23)20-16(24)17(7-8-17)13-4-2-3-5-14(13)18;11-9(13)10(5-6-10)7-3-1-2-4-8(7)12;1-11-5-6(4-9-11)12-3-2-7(8)10-12;1-2-7-5-3-4-6;1-8-3-4(7-5)2-6-8;1-2-3;/h2-6,9-11H,7-8H2,1H3,(H,20,21,24);1-4H,5-6H2;2-5H,1H3,(H2,8,10);3,5H,2H2,1H3;2-3,7H,5H2,1H3;2H2,1H3;/q;;;;;-1;+1. The van der Waals surface area contributed by atoms with Gasteiger partial charge < -0.3 is 26.3 Å². The number of hydrogen-bond donors (Lipinski definition) is 4. The quantitative estimate of drug-likeness (QED) is 0.0384. The van der Waals surface area contributed by atoms with Crippen molar-refractivity contribution in [3.63, 3.8) is 0 Å². The number of carbonyl (C=O) groups excluding carboxylic acids is 2. The first-order chi connectivity index (χ1) is 32.2. The molecular formula is C45H53ClF2N15NaO4. The number of benzene rings is 2. The molecule has 0 saturated heterocycles. The second-order valence-electron chi connectivity index (χ2n) is 14.6.